The van der Waals surface area contributed by atoms with E-state index in [4.69, 9.17) is 0 Å². The van der Waals surface area contributed by atoms with Crippen LogP contribution in [0.25, 0.3) is 0 Å². The Labute approximate surface area is 128 Å². The topological polar surface area (TPSA) is 41.5 Å². The molecular weight excluding hydrogens is 288 g/mol. The molecule has 20 heavy (non-hydrogen) atoms. The number of nitrogens with zero attached hydrogens (tertiary/aromatic N) is 1. The number of aliphatic imine (C=N–C) groups is 1. The van der Waals surface area contributed by atoms with Gasteiger partial charge in [0.05, 0.1) is 18.3 Å². The number of fused-ring (bicyclic) bond motifs is 1. The molecule has 1 N–H and O–H groups in total. The molecule has 0 saturated carbocycles. The smallest absolute Gasteiger partial charge is 0.230 e. The van der Waals surface area contributed by atoms with Crippen molar-refractivity contribution in [2.24, 2.45) is 4.99 Å². The van der Waals surface area contributed by atoms with E-state index in [0.717, 1.165) is 35.9 Å². The van der Waals surface area contributed by atoms with Crippen LogP contribution in [0.15, 0.2) is 29.3 Å². The third-order valence-electron chi connectivity index (χ3n) is 3.59. The van der Waals surface area contributed by atoms with E-state index in [1.54, 1.807) is 23.5 Å². The molecule has 0 fully saturated rings. The SMILES string of the molecule is O=C(CSC1=NCCS1)N[C@@H]1CCCc2ccccc21. The number of rotatable bonds is 3. The van der Waals surface area contributed by atoms with Crippen LogP contribution in [0.2, 0.25) is 0 Å². The van der Waals surface area contributed by atoms with Gasteiger partial charge in [-0.05, 0) is 30.4 Å². The molecule has 1 atom stereocenters. The second-order valence-corrected chi connectivity index (χ2v) is 7.30. The van der Waals surface area contributed by atoms with Crippen molar-refractivity contribution in [2.45, 2.75) is 25.3 Å². The van der Waals surface area contributed by atoms with Gasteiger partial charge in [0.15, 0.2) is 0 Å². The van der Waals surface area contributed by atoms with Crippen LogP contribution in [0.1, 0.15) is 30.0 Å². The number of hydrogen-bond donors (Lipinski definition) is 1. The quantitative estimate of drug-likeness (QED) is 0.933. The molecule has 1 heterocycles. The summed E-state index contributed by atoms with van der Waals surface area (Å²) in [5, 5.41) is 3.17. The monoisotopic (exact) mass is 306 g/mol. The second-order valence-electron chi connectivity index (χ2n) is 5.00. The summed E-state index contributed by atoms with van der Waals surface area (Å²) in [6.45, 7) is 0.893. The number of benzene rings is 1. The maximum atomic E-state index is 12.1. The Balaban J connectivity index is 1.56. The van der Waals surface area contributed by atoms with Crippen LogP contribution in [0.4, 0.5) is 0 Å². The number of aryl methyl sites for hydroxylation is 1. The molecule has 3 rings (SSSR count). The highest BCUT2D eigenvalue weighted by Gasteiger charge is 2.21. The van der Waals surface area contributed by atoms with Gasteiger partial charge in [-0.15, -0.1) is 0 Å². The third kappa shape index (κ3) is 3.38. The van der Waals surface area contributed by atoms with E-state index in [1.807, 2.05) is 0 Å². The van der Waals surface area contributed by atoms with Gasteiger partial charge in [-0.2, -0.15) is 0 Å². The van der Waals surface area contributed by atoms with Crippen LogP contribution in [0.3, 0.4) is 0 Å². The predicted octanol–water partition coefficient (Wildman–Crippen LogP) is 3.02. The van der Waals surface area contributed by atoms with E-state index in [0.29, 0.717) is 5.75 Å². The zero-order chi connectivity index (χ0) is 13.8. The number of carbonyl (C=O) groups is 1. The van der Waals surface area contributed by atoms with Crippen molar-refractivity contribution in [3.8, 4) is 0 Å². The summed E-state index contributed by atoms with van der Waals surface area (Å²) in [7, 11) is 0. The Morgan fingerprint density at radius 1 is 1.45 bits per heavy atom. The summed E-state index contributed by atoms with van der Waals surface area (Å²) in [5.41, 5.74) is 2.68. The second kappa shape index (κ2) is 6.68. The van der Waals surface area contributed by atoms with E-state index >= 15 is 0 Å². The van der Waals surface area contributed by atoms with Crippen molar-refractivity contribution in [3.63, 3.8) is 0 Å². The number of nitrogens with one attached hydrogen (secondary N) is 1. The van der Waals surface area contributed by atoms with Gasteiger partial charge in [-0.25, -0.2) is 0 Å². The van der Waals surface area contributed by atoms with E-state index in [2.05, 4.69) is 34.6 Å². The number of amides is 1. The van der Waals surface area contributed by atoms with Gasteiger partial charge in [0.1, 0.15) is 4.38 Å². The fraction of sp³-hybridized carbons (Fsp3) is 0.467. The Hall–Kier alpha value is -0.940. The molecule has 5 heteroatoms. The number of hydrogen-bond acceptors (Lipinski definition) is 4. The fourth-order valence-electron chi connectivity index (χ4n) is 2.67. The molecular formula is C15H18N2OS2. The molecule has 0 bridgehead atoms. The molecule has 2 aliphatic rings. The molecule has 0 unspecified atom stereocenters. The lowest BCUT2D eigenvalue weighted by atomic mass is 9.88. The van der Waals surface area contributed by atoms with Crippen LogP contribution in [-0.4, -0.2) is 28.3 Å². The van der Waals surface area contributed by atoms with Crippen LogP contribution in [0.5, 0.6) is 0 Å². The minimum atomic E-state index is 0.118. The van der Waals surface area contributed by atoms with E-state index in [-0.39, 0.29) is 11.9 Å². The zero-order valence-corrected chi connectivity index (χ0v) is 12.9. The van der Waals surface area contributed by atoms with Crippen molar-refractivity contribution in [1.29, 1.82) is 0 Å². The number of thioether (sulfide) groups is 2. The lowest BCUT2D eigenvalue weighted by Gasteiger charge is -2.26. The molecule has 0 radical (unpaired) electrons. The molecule has 0 spiro atoms. The van der Waals surface area contributed by atoms with Crippen LogP contribution in [0, 0.1) is 0 Å². The lowest BCUT2D eigenvalue weighted by molar-refractivity contribution is -0.119. The zero-order valence-electron chi connectivity index (χ0n) is 11.3. The summed E-state index contributed by atoms with van der Waals surface area (Å²) in [6.07, 6.45) is 3.32. The first-order valence-corrected chi connectivity index (χ1v) is 8.97. The van der Waals surface area contributed by atoms with Crippen LogP contribution in [-0.2, 0) is 11.2 Å². The van der Waals surface area contributed by atoms with Gasteiger partial charge in [0.2, 0.25) is 5.91 Å². The Bertz CT molecular complexity index is 530. The average molecular weight is 306 g/mol. The lowest BCUT2D eigenvalue weighted by Crippen LogP contribution is -2.32. The molecule has 1 aromatic carbocycles. The van der Waals surface area contributed by atoms with Crippen molar-refractivity contribution >= 4 is 33.8 Å². The van der Waals surface area contributed by atoms with Crippen LogP contribution < -0.4 is 5.32 Å². The van der Waals surface area contributed by atoms with Gasteiger partial charge in [-0.1, -0.05) is 47.8 Å². The molecule has 1 amide bonds. The first-order valence-electron chi connectivity index (χ1n) is 7.00. The van der Waals surface area contributed by atoms with Crippen LogP contribution >= 0.6 is 23.5 Å². The summed E-state index contributed by atoms with van der Waals surface area (Å²) < 4.78 is 1.06. The van der Waals surface area contributed by atoms with E-state index in [1.165, 1.54) is 11.1 Å². The molecule has 1 aliphatic heterocycles. The van der Waals surface area contributed by atoms with Gasteiger partial charge in [0, 0.05) is 5.75 Å². The Morgan fingerprint density at radius 2 is 2.35 bits per heavy atom. The minimum absolute atomic E-state index is 0.118. The maximum absolute atomic E-state index is 12.1. The first-order chi connectivity index (χ1) is 9.83. The molecule has 1 aromatic rings. The summed E-state index contributed by atoms with van der Waals surface area (Å²) in [4.78, 5) is 16.4. The Kier molecular flexibility index (Phi) is 4.68. The summed E-state index contributed by atoms with van der Waals surface area (Å²) in [5.74, 6) is 1.65. The summed E-state index contributed by atoms with van der Waals surface area (Å²) in [6, 6.07) is 8.64. The Morgan fingerprint density at radius 3 is 3.20 bits per heavy atom. The fourth-order valence-corrected chi connectivity index (χ4v) is 4.49. The standard InChI is InChI=1S/C15H18N2OS2/c18-14(10-20-15-16-8-9-19-15)17-13-7-3-5-11-4-1-2-6-12(11)13/h1-2,4,6,13H,3,5,7-10H2,(H,17,18)/t13-/m1/s1. The molecule has 106 valence electrons. The first kappa shape index (κ1) is 14.0. The molecule has 0 saturated heterocycles. The van der Waals surface area contributed by atoms with Crippen molar-refractivity contribution < 1.29 is 4.79 Å². The maximum Gasteiger partial charge on any atom is 0.230 e. The molecule has 0 aromatic heterocycles. The van der Waals surface area contributed by atoms with E-state index < -0.39 is 0 Å². The number of carbonyl (C=O) groups excluding carboxylic acids is 1. The highest BCUT2D eigenvalue weighted by molar-refractivity contribution is 8.39. The van der Waals surface area contributed by atoms with Gasteiger partial charge < -0.3 is 5.32 Å². The molecule has 1 aliphatic carbocycles. The highest BCUT2D eigenvalue weighted by atomic mass is 32.2. The largest absolute Gasteiger partial charge is 0.349 e. The average Bonchev–Trinajstić information content (AvgIpc) is 2.99. The normalized spacial score (nSPS) is 21.2. The third-order valence-corrected chi connectivity index (χ3v) is 5.84. The summed E-state index contributed by atoms with van der Waals surface area (Å²) >= 11 is 3.31. The van der Waals surface area contributed by atoms with Crippen molar-refractivity contribution in [1.82, 2.24) is 5.32 Å². The van der Waals surface area contributed by atoms with Gasteiger partial charge in [-0.3, -0.25) is 9.79 Å². The van der Waals surface area contributed by atoms with Crippen molar-refractivity contribution in [3.05, 3.63) is 35.4 Å². The van der Waals surface area contributed by atoms with Gasteiger partial charge in [0.25, 0.3) is 0 Å². The van der Waals surface area contributed by atoms with E-state index in [9.17, 15) is 4.79 Å². The highest BCUT2D eigenvalue weighted by Crippen LogP contribution is 2.29. The minimum Gasteiger partial charge on any atom is -0.349 e. The van der Waals surface area contributed by atoms with Gasteiger partial charge >= 0.3 is 0 Å². The van der Waals surface area contributed by atoms with Crippen molar-refractivity contribution in [2.75, 3.05) is 18.1 Å². The molecule has 3 nitrogen and oxygen atoms in total. The predicted molar refractivity (Wildman–Crippen MR) is 87.5 cm³/mol.